The molecule has 2 amide bonds. The fraction of sp³-hybridized carbons (Fsp3) is 0.500. The van der Waals surface area contributed by atoms with Gasteiger partial charge in [-0.05, 0) is 37.6 Å². The van der Waals surface area contributed by atoms with E-state index in [0.717, 1.165) is 63.9 Å². The Morgan fingerprint density at radius 2 is 1.67 bits per heavy atom. The molecular weight excluding hydrogens is 378 g/mol. The van der Waals surface area contributed by atoms with E-state index in [9.17, 15) is 4.79 Å². The first kappa shape index (κ1) is 20.4. The van der Waals surface area contributed by atoms with Crippen LogP contribution in [0.3, 0.4) is 0 Å². The molecule has 2 atom stereocenters. The Hall–Kier alpha value is -2.87. The van der Waals surface area contributed by atoms with Crippen molar-refractivity contribution in [1.29, 1.82) is 0 Å². The first-order valence-corrected chi connectivity index (χ1v) is 10.8. The normalized spacial score (nSPS) is 20.8. The van der Waals surface area contributed by atoms with Gasteiger partial charge in [-0.1, -0.05) is 12.1 Å². The molecule has 2 aliphatic heterocycles. The van der Waals surface area contributed by atoms with Gasteiger partial charge in [0.15, 0.2) is 0 Å². The second kappa shape index (κ2) is 9.75. The van der Waals surface area contributed by atoms with Crippen molar-refractivity contribution in [2.75, 3.05) is 55.6 Å². The lowest BCUT2D eigenvalue weighted by atomic mass is 10.2. The van der Waals surface area contributed by atoms with E-state index < -0.39 is 0 Å². The maximum absolute atomic E-state index is 12.4. The molecule has 2 aromatic rings. The Morgan fingerprint density at radius 3 is 2.30 bits per heavy atom. The van der Waals surface area contributed by atoms with Gasteiger partial charge in [0, 0.05) is 70.3 Å². The van der Waals surface area contributed by atoms with Crippen LogP contribution >= 0.6 is 0 Å². The molecule has 2 aromatic heterocycles. The number of urea groups is 1. The van der Waals surface area contributed by atoms with Crippen LogP contribution in [0, 0.1) is 0 Å². The minimum Gasteiger partial charge on any atom is -0.354 e. The molecule has 0 aromatic carbocycles. The molecule has 0 spiro atoms. The van der Waals surface area contributed by atoms with Gasteiger partial charge in [-0.15, -0.1) is 0 Å². The molecule has 160 valence electrons. The lowest BCUT2D eigenvalue weighted by Crippen LogP contribution is -2.53. The zero-order chi connectivity index (χ0) is 20.8. The number of amides is 2. The van der Waals surface area contributed by atoms with Crippen molar-refractivity contribution in [2.24, 2.45) is 0 Å². The number of anilines is 2. The number of hydrogen-bond acceptors (Lipinski definition) is 6. The van der Waals surface area contributed by atoms with Gasteiger partial charge in [-0.25, -0.2) is 14.8 Å². The molecule has 4 heterocycles. The van der Waals surface area contributed by atoms with Gasteiger partial charge in [0.1, 0.15) is 11.6 Å². The molecule has 0 radical (unpaired) electrons. The van der Waals surface area contributed by atoms with Crippen LogP contribution in [0.1, 0.15) is 13.3 Å². The number of rotatable bonds is 6. The van der Waals surface area contributed by atoms with Gasteiger partial charge < -0.3 is 20.4 Å². The van der Waals surface area contributed by atoms with Crippen LogP contribution in [-0.4, -0.2) is 78.8 Å². The van der Waals surface area contributed by atoms with Gasteiger partial charge in [-0.3, -0.25) is 4.90 Å². The topological polar surface area (TPSA) is 76.6 Å². The highest BCUT2D eigenvalue weighted by molar-refractivity contribution is 5.74. The second-order valence-electron chi connectivity index (χ2n) is 8.11. The molecule has 2 aliphatic rings. The molecule has 2 fully saturated rings. The standard InChI is InChI=1S/C22H31N7O/c1-18(16-27-12-14-28(15-13-27)20-6-2-4-9-23-20)25-22(30)26-19-8-11-29(17-19)21-7-3-5-10-24-21/h2-7,9-10,18-19H,8,11-17H2,1H3,(H2,25,26,30). The van der Waals surface area contributed by atoms with Crippen LogP contribution in [0.2, 0.25) is 0 Å². The molecule has 2 saturated heterocycles. The van der Waals surface area contributed by atoms with Crippen LogP contribution in [0.5, 0.6) is 0 Å². The summed E-state index contributed by atoms with van der Waals surface area (Å²) in [5, 5.41) is 6.22. The number of pyridine rings is 2. The van der Waals surface area contributed by atoms with Crippen molar-refractivity contribution in [1.82, 2.24) is 25.5 Å². The van der Waals surface area contributed by atoms with Crippen molar-refractivity contribution < 1.29 is 4.79 Å². The Labute approximate surface area is 178 Å². The third-order valence-corrected chi connectivity index (χ3v) is 5.75. The summed E-state index contributed by atoms with van der Waals surface area (Å²) in [4.78, 5) is 28.2. The van der Waals surface area contributed by atoms with Gasteiger partial charge in [0.2, 0.25) is 0 Å². The van der Waals surface area contributed by atoms with Crippen molar-refractivity contribution in [2.45, 2.75) is 25.4 Å². The Balaban J connectivity index is 1.16. The molecule has 0 aliphatic carbocycles. The van der Waals surface area contributed by atoms with E-state index in [2.05, 4.69) is 48.3 Å². The predicted octanol–water partition coefficient (Wildman–Crippen LogP) is 1.57. The van der Waals surface area contributed by atoms with Crippen LogP contribution in [0.15, 0.2) is 48.8 Å². The van der Waals surface area contributed by atoms with Gasteiger partial charge in [-0.2, -0.15) is 0 Å². The highest BCUT2D eigenvalue weighted by Crippen LogP contribution is 2.17. The molecular formula is C22H31N7O. The van der Waals surface area contributed by atoms with Gasteiger partial charge in [0.05, 0.1) is 0 Å². The van der Waals surface area contributed by atoms with Crippen LogP contribution < -0.4 is 20.4 Å². The van der Waals surface area contributed by atoms with Gasteiger partial charge >= 0.3 is 6.03 Å². The largest absolute Gasteiger partial charge is 0.354 e. The lowest BCUT2D eigenvalue weighted by molar-refractivity contribution is 0.216. The minimum absolute atomic E-state index is 0.0810. The summed E-state index contributed by atoms with van der Waals surface area (Å²) < 4.78 is 0. The maximum atomic E-state index is 12.4. The molecule has 2 N–H and O–H groups in total. The SMILES string of the molecule is CC(CN1CCN(c2ccccn2)CC1)NC(=O)NC1CCN(c2ccccn2)C1. The van der Waals surface area contributed by atoms with Crippen LogP contribution in [0.25, 0.3) is 0 Å². The highest BCUT2D eigenvalue weighted by atomic mass is 16.2. The number of hydrogen-bond donors (Lipinski definition) is 2. The zero-order valence-electron chi connectivity index (χ0n) is 17.6. The highest BCUT2D eigenvalue weighted by Gasteiger charge is 2.25. The number of aromatic nitrogens is 2. The monoisotopic (exact) mass is 409 g/mol. The average Bonchev–Trinajstić information content (AvgIpc) is 3.23. The molecule has 2 unspecified atom stereocenters. The number of nitrogens with one attached hydrogen (secondary N) is 2. The van der Waals surface area contributed by atoms with Crippen molar-refractivity contribution in [3.63, 3.8) is 0 Å². The zero-order valence-corrected chi connectivity index (χ0v) is 17.6. The van der Waals surface area contributed by atoms with E-state index in [1.54, 1.807) is 6.20 Å². The fourth-order valence-electron chi connectivity index (χ4n) is 4.21. The molecule has 0 bridgehead atoms. The second-order valence-corrected chi connectivity index (χ2v) is 8.11. The lowest BCUT2D eigenvalue weighted by Gasteiger charge is -2.36. The Bertz CT molecular complexity index is 796. The smallest absolute Gasteiger partial charge is 0.315 e. The van der Waals surface area contributed by atoms with E-state index in [0.29, 0.717) is 0 Å². The summed E-state index contributed by atoms with van der Waals surface area (Å²) in [6, 6.07) is 12.1. The van der Waals surface area contributed by atoms with E-state index in [4.69, 9.17) is 0 Å². The molecule has 30 heavy (non-hydrogen) atoms. The van der Waals surface area contributed by atoms with Crippen LogP contribution in [0.4, 0.5) is 16.4 Å². The first-order valence-electron chi connectivity index (χ1n) is 10.8. The summed E-state index contributed by atoms with van der Waals surface area (Å²) >= 11 is 0. The van der Waals surface area contributed by atoms with E-state index in [1.165, 1.54) is 0 Å². The summed E-state index contributed by atoms with van der Waals surface area (Å²) in [7, 11) is 0. The summed E-state index contributed by atoms with van der Waals surface area (Å²) in [5.74, 6) is 2.01. The third-order valence-electron chi connectivity index (χ3n) is 5.75. The predicted molar refractivity (Wildman–Crippen MR) is 119 cm³/mol. The number of nitrogens with zero attached hydrogens (tertiary/aromatic N) is 5. The Kier molecular flexibility index (Phi) is 6.63. The molecule has 8 heteroatoms. The van der Waals surface area contributed by atoms with E-state index >= 15 is 0 Å². The van der Waals surface area contributed by atoms with E-state index in [1.807, 2.05) is 36.5 Å². The first-order chi connectivity index (χ1) is 14.7. The molecule has 8 nitrogen and oxygen atoms in total. The summed E-state index contributed by atoms with van der Waals surface area (Å²) in [5.41, 5.74) is 0. The van der Waals surface area contributed by atoms with Gasteiger partial charge in [0.25, 0.3) is 0 Å². The fourth-order valence-corrected chi connectivity index (χ4v) is 4.21. The maximum Gasteiger partial charge on any atom is 0.315 e. The van der Waals surface area contributed by atoms with Crippen LogP contribution in [-0.2, 0) is 0 Å². The van der Waals surface area contributed by atoms with E-state index in [-0.39, 0.29) is 18.1 Å². The average molecular weight is 410 g/mol. The summed E-state index contributed by atoms with van der Waals surface area (Å²) in [6.07, 6.45) is 4.58. The number of carbonyl (C=O) groups is 1. The van der Waals surface area contributed by atoms with Crippen molar-refractivity contribution in [3.8, 4) is 0 Å². The summed E-state index contributed by atoms with van der Waals surface area (Å²) in [6.45, 7) is 8.51. The quantitative estimate of drug-likeness (QED) is 0.754. The number of piperazine rings is 1. The third kappa shape index (κ3) is 5.38. The molecule has 0 saturated carbocycles. The van der Waals surface area contributed by atoms with Crippen molar-refractivity contribution >= 4 is 17.7 Å². The molecule has 4 rings (SSSR count). The van der Waals surface area contributed by atoms with Crippen molar-refractivity contribution in [3.05, 3.63) is 48.8 Å². The minimum atomic E-state index is -0.0810. The number of carbonyl (C=O) groups excluding carboxylic acids is 1. The Morgan fingerprint density at radius 1 is 1.00 bits per heavy atom.